The van der Waals surface area contributed by atoms with Gasteiger partial charge in [0.15, 0.2) is 0 Å². The van der Waals surface area contributed by atoms with E-state index in [9.17, 15) is 9.90 Å². The van der Waals surface area contributed by atoms with Crippen LogP contribution in [-0.4, -0.2) is 29.3 Å². The molecule has 2 aliphatic rings. The smallest absolute Gasteiger partial charge is 0.307 e. The average Bonchev–Trinajstić information content (AvgIpc) is 2.76. The minimum Gasteiger partial charge on any atom is -0.506 e. The van der Waals surface area contributed by atoms with Gasteiger partial charge in [0.1, 0.15) is 5.75 Å². The first-order valence-corrected chi connectivity index (χ1v) is 5.44. The molecule has 1 aromatic rings. The van der Waals surface area contributed by atoms with Crippen molar-refractivity contribution in [2.45, 2.75) is 0 Å². The zero-order valence-corrected chi connectivity index (χ0v) is 8.71. The van der Waals surface area contributed by atoms with Crippen LogP contribution in [0, 0.1) is 17.8 Å². The molecule has 0 spiro atoms. The van der Waals surface area contributed by atoms with Gasteiger partial charge in [0, 0.05) is 13.1 Å². The van der Waals surface area contributed by atoms with E-state index in [0.29, 0.717) is 0 Å². The second kappa shape index (κ2) is 3.14. The molecule has 2 N–H and O–H groups in total. The Balaban J connectivity index is 1.74. The molecular weight excluding hydrogens is 206 g/mol. The first kappa shape index (κ1) is 9.51. The molecular formula is C12H13NO3. The molecule has 1 aliphatic heterocycles. The Morgan fingerprint density at radius 3 is 2.44 bits per heavy atom. The quantitative estimate of drug-likeness (QED) is 0.783. The number of carboxylic acids is 1. The molecule has 16 heavy (non-hydrogen) atoms. The molecule has 1 aliphatic carbocycles. The molecule has 2 atom stereocenters. The van der Waals surface area contributed by atoms with Gasteiger partial charge in [-0.15, -0.1) is 0 Å². The van der Waals surface area contributed by atoms with Gasteiger partial charge in [0.05, 0.1) is 11.6 Å². The molecule has 4 nitrogen and oxygen atoms in total. The van der Waals surface area contributed by atoms with Crippen molar-refractivity contribution in [1.29, 1.82) is 0 Å². The molecule has 1 aromatic carbocycles. The molecule has 4 heteroatoms. The zero-order valence-electron chi connectivity index (χ0n) is 8.71. The van der Waals surface area contributed by atoms with Crippen molar-refractivity contribution in [3.05, 3.63) is 24.3 Å². The number of piperidine rings is 1. The maximum absolute atomic E-state index is 10.8. The Labute approximate surface area is 93.1 Å². The van der Waals surface area contributed by atoms with Crippen LogP contribution in [0.5, 0.6) is 5.75 Å². The monoisotopic (exact) mass is 219 g/mol. The van der Waals surface area contributed by atoms with Crippen LogP contribution in [0.2, 0.25) is 0 Å². The van der Waals surface area contributed by atoms with Gasteiger partial charge in [0.2, 0.25) is 0 Å². The van der Waals surface area contributed by atoms with Crippen molar-refractivity contribution in [2.75, 3.05) is 18.0 Å². The standard InChI is InChI=1S/C12H13NO3/c14-10-4-2-1-3-9(10)13-5-7-8(6-13)11(7)12(15)16/h1-4,7-8,11,14H,5-6H2,(H,15,16). The number of phenols is 1. The third kappa shape index (κ3) is 1.26. The zero-order chi connectivity index (χ0) is 11.3. The third-order valence-corrected chi connectivity index (χ3v) is 3.70. The number of rotatable bonds is 2. The van der Waals surface area contributed by atoms with Crippen LogP contribution in [0.3, 0.4) is 0 Å². The van der Waals surface area contributed by atoms with E-state index in [-0.39, 0.29) is 23.5 Å². The van der Waals surface area contributed by atoms with Crippen molar-refractivity contribution < 1.29 is 15.0 Å². The van der Waals surface area contributed by atoms with Gasteiger partial charge in [-0.1, -0.05) is 12.1 Å². The Morgan fingerprint density at radius 2 is 1.88 bits per heavy atom. The number of benzene rings is 1. The second-order valence-electron chi connectivity index (χ2n) is 4.59. The summed E-state index contributed by atoms with van der Waals surface area (Å²) in [6, 6.07) is 7.20. The maximum atomic E-state index is 10.8. The minimum atomic E-state index is -0.674. The molecule has 3 rings (SSSR count). The van der Waals surface area contributed by atoms with Gasteiger partial charge >= 0.3 is 5.97 Å². The molecule has 0 bridgehead atoms. The molecule has 2 fully saturated rings. The predicted molar refractivity (Wildman–Crippen MR) is 58.4 cm³/mol. The first-order chi connectivity index (χ1) is 7.68. The summed E-state index contributed by atoms with van der Waals surface area (Å²) in [4.78, 5) is 12.9. The van der Waals surface area contributed by atoms with Crippen molar-refractivity contribution in [2.24, 2.45) is 17.8 Å². The largest absolute Gasteiger partial charge is 0.506 e. The van der Waals surface area contributed by atoms with E-state index in [0.717, 1.165) is 18.8 Å². The highest BCUT2D eigenvalue weighted by atomic mass is 16.4. The van der Waals surface area contributed by atoms with E-state index in [2.05, 4.69) is 4.90 Å². The highest BCUT2D eigenvalue weighted by Crippen LogP contribution is 2.53. The second-order valence-corrected chi connectivity index (χ2v) is 4.59. The normalized spacial score (nSPS) is 31.2. The number of anilines is 1. The molecule has 0 aromatic heterocycles. The fraction of sp³-hybridized carbons (Fsp3) is 0.417. The van der Waals surface area contributed by atoms with E-state index in [4.69, 9.17) is 5.11 Å². The van der Waals surface area contributed by atoms with Crippen LogP contribution in [-0.2, 0) is 4.79 Å². The molecule has 1 saturated carbocycles. The first-order valence-electron chi connectivity index (χ1n) is 5.44. The van der Waals surface area contributed by atoms with Crippen LogP contribution in [0.4, 0.5) is 5.69 Å². The summed E-state index contributed by atoms with van der Waals surface area (Å²) >= 11 is 0. The Hall–Kier alpha value is -1.71. The molecule has 0 amide bonds. The SMILES string of the molecule is O=C(O)C1C2CN(c3ccccc3O)CC21. The Kier molecular flexibility index (Phi) is 1.87. The van der Waals surface area contributed by atoms with Crippen LogP contribution in [0.1, 0.15) is 0 Å². The number of hydrogen-bond acceptors (Lipinski definition) is 3. The summed E-state index contributed by atoms with van der Waals surface area (Å²) in [5, 5.41) is 18.6. The summed E-state index contributed by atoms with van der Waals surface area (Å²) in [6.07, 6.45) is 0. The Bertz CT molecular complexity index is 434. The van der Waals surface area contributed by atoms with Gasteiger partial charge < -0.3 is 15.1 Å². The fourth-order valence-electron chi connectivity index (χ4n) is 2.82. The van der Waals surface area contributed by atoms with E-state index in [1.807, 2.05) is 12.1 Å². The number of nitrogens with zero attached hydrogens (tertiary/aromatic N) is 1. The molecule has 84 valence electrons. The summed E-state index contributed by atoms with van der Waals surface area (Å²) in [7, 11) is 0. The van der Waals surface area contributed by atoms with Crippen LogP contribution < -0.4 is 4.90 Å². The van der Waals surface area contributed by atoms with Gasteiger partial charge in [0.25, 0.3) is 0 Å². The van der Waals surface area contributed by atoms with Crippen molar-refractivity contribution in [1.82, 2.24) is 0 Å². The number of carboxylic acid groups (broad SMARTS) is 1. The molecule has 2 unspecified atom stereocenters. The Morgan fingerprint density at radius 1 is 1.25 bits per heavy atom. The van der Waals surface area contributed by atoms with Gasteiger partial charge in [-0.2, -0.15) is 0 Å². The summed E-state index contributed by atoms with van der Waals surface area (Å²) in [6.45, 7) is 1.50. The molecule has 1 heterocycles. The topological polar surface area (TPSA) is 60.8 Å². The number of para-hydroxylation sites is 2. The van der Waals surface area contributed by atoms with E-state index < -0.39 is 5.97 Å². The highest BCUT2D eigenvalue weighted by molar-refractivity contribution is 5.76. The lowest BCUT2D eigenvalue weighted by Gasteiger charge is -2.22. The summed E-state index contributed by atoms with van der Waals surface area (Å²) in [5.74, 6) is -0.000994. The van der Waals surface area contributed by atoms with Crippen molar-refractivity contribution in [3.63, 3.8) is 0 Å². The number of carbonyl (C=O) groups is 1. The predicted octanol–water partition coefficient (Wildman–Crippen LogP) is 1.16. The molecule has 1 saturated heterocycles. The highest BCUT2D eigenvalue weighted by Gasteiger charge is 2.59. The van der Waals surface area contributed by atoms with Crippen molar-refractivity contribution >= 4 is 11.7 Å². The van der Waals surface area contributed by atoms with Crippen LogP contribution >= 0.6 is 0 Å². The number of hydrogen-bond donors (Lipinski definition) is 2. The lowest BCUT2D eigenvalue weighted by atomic mass is 10.2. The van der Waals surface area contributed by atoms with Crippen LogP contribution in [0.15, 0.2) is 24.3 Å². The van der Waals surface area contributed by atoms with E-state index in [1.54, 1.807) is 12.1 Å². The third-order valence-electron chi connectivity index (χ3n) is 3.70. The van der Waals surface area contributed by atoms with Crippen molar-refractivity contribution in [3.8, 4) is 5.75 Å². The number of phenolic OH excluding ortho intramolecular Hbond substituents is 1. The van der Waals surface area contributed by atoms with Gasteiger partial charge in [-0.3, -0.25) is 4.79 Å². The van der Waals surface area contributed by atoms with Gasteiger partial charge in [-0.05, 0) is 24.0 Å². The van der Waals surface area contributed by atoms with E-state index >= 15 is 0 Å². The number of fused-ring (bicyclic) bond motifs is 1. The molecule has 0 radical (unpaired) electrons. The number of aromatic hydroxyl groups is 1. The lowest BCUT2D eigenvalue weighted by molar-refractivity contribution is -0.139. The summed E-state index contributed by atoms with van der Waals surface area (Å²) in [5.41, 5.74) is 0.818. The van der Waals surface area contributed by atoms with Gasteiger partial charge in [-0.25, -0.2) is 0 Å². The summed E-state index contributed by atoms with van der Waals surface area (Å²) < 4.78 is 0. The van der Waals surface area contributed by atoms with E-state index in [1.165, 1.54) is 0 Å². The maximum Gasteiger partial charge on any atom is 0.307 e. The number of aliphatic carboxylic acids is 1. The average molecular weight is 219 g/mol. The van der Waals surface area contributed by atoms with Crippen LogP contribution in [0.25, 0.3) is 0 Å². The fourth-order valence-corrected chi connectivity index (χ4v) is 2.82. The minimum absolute atomic E-state index is 0.151. The lowest BCUT2D eigenvalue weighted by Crippen LogP contribution is -2.25.